The molecule has 102 valence electrons. The second-order valence-corrected chi connectivity index (χ2v) is 6.47. The van der Waals surface area contributed by atoms with E-state index in [4.69, 9.17) is 0 Å². The van der Waals surface area contributed by atoms with Gasteiger partial charge in [0.2, 0.25) is 5.91 Å². The van der Waals surface area contributed by atoms with E-state index in [1.165, 1.54) is 37.0 Å². The van der Waals surface area contributed by atoms with Crippen molar-refractivity contribution in [2.24, 2.45) is 5.92 Å². The number of nitrogens with one attached hydrogen (secondary N) is 1. The van der Waals surface area contributed by atoms with Gasteiger partial charge in [0.1, 0.15) is 0 Å². The Bertz CT molecular complexity index is 504. The Morgan fingerprint density at radius 1 is 1.26 bits per heavy atom. The van der Waals surface area contributed by atoms with E-state index in [2.05, 4.69) is 10.3 Å². The van der Waals surface area contributed by atoms with Crippen molar-refractivity contribution in [3.63, 3.8) is 0 Å². The maximum absolute atomic E-state index is 11.9. The first-order valence-electron chi connectivity index (χ1n) is 7.05. The second kappa shape index (κ2) is 5.41. The van der Waals surface area contributed by atoms with Crippen molar-refractivity contribution in [3.8, 4) is 0 Å². The van der Waals surface area contributed by atoms with Crippen LogP contribution in [0.3, 0.4) is 0 Å². The van der Waals surface area contributed by atoms with Crippen LogP contribution in [0, 0.1) is 5.92 Å². The average molecular weight is 278 g/mol. The molecule has 1 aromatic rings. The molecule has 2 aliphatic carbocycles. The summed E-state index contributed by atoms with van der Waals surface area (Å²) < 4.78 is 0. The number of aryl methyl sites for hydroxylation is 1. The Labute approximate surface area is 116 Å². The number of ketones is 1. The number of Topliss-reactive ketones (excluding diaryl/α,β-unsaturated/α-hetero) is 1. The molecule has 0 saturated heterocycles. The van der Waals surface area contributed by atoms with Crippen LogP contribution in [0.1, 0.15) is 60.3 Å². The lowest BCUT2D eigenvalue weighted by molar-refractivity contribution is -0.117. The number of hydrogen-bond donors (Lipinski definition) is 1. The Morgan fingerprint density at radius 2 is 2.05 bits per heavy atom. The van der Waals surface area contributed by atoms with Gasteiger partial charge in [0.25, 0.3) is 0 Å². The lowest BCUT2D eigenvalue weighted by Crippen LogP contribution is -2.15. The molecule has 1 aromatic heterocycles. The molecule has 1 heterocycles. The summed E-state index contributed by atoms with van der Waals surface area (Å²) in [6, 6.07) is 0. The molecule has 0 aromatic carbocycles. The first kappa shape index (κ1) is 12.8. The quantitative estimate of drug-likeness (QED) is 0.923. The van der Waals surface area contributed by atoms with E-state index in [9.17, 15) is 9.59 Å². The third-order valence-corrected chi connectivity index (χ3v) is 5.02. The average Bonchev–Trinajstić information content (AvgIpc) is 2.98. The lowest BCUT2D eigenvalue weighted by Gasteiger charge is -2.07. The van der Waals surface area contributed by atoms with Crippen LogP contribution in [0.2, 0.25) is 0 Å². The predicted octanol–water partition coefficient (Wildman–Crippen LogP) is 3.18. The molecular formula is C14H18N2O2S. The minimum atomic E-state index is 0.0467. The van der Waals surface area contributed by atoms with Crippen LogP contribution < -0.4 is 5.32 Å². The number of fused-ring (bicyclic) bond motifs is 1. The number of thiazole rings is 1. The lowest BCUT2D eigenvalue weighted by atomic mass is 10.0. The third-order valence-electron chi connectivity index (χ3n) is 3.96. The zero-order valence-electron chi connectivity index (χ0n) is 10.9. The van der Waals surface area contributed by atoms with Crippen LogP contribution in [0.15, 0.2) is 0 Å². The van der Waals surface area contributed by atoms with Crippen LogP contribution in [0.5, 0.6) is 0 Å². The zero-order valence-corrected chi connectivity index (χ0v) is 11.7. The Balaban J connectivity index is 1.63. The largest absolute Gasteiger partial charge is 0.302 e. The molecule has 0 unspecified atom stereocenters. The van der Waals surface area contributed by atoms with Gasteiger partial charge in [-0.05, 0) is 31.6 Å². The summed E-state index contributed by atoms with van der Waals surface area (Å²) in [4.78, 5) is 28.8. The van der Waals surface area contributed by atoms with Gasteiger partial charge in [-0.2, -0.15) is 0 Å². The van der Waals surface area contributed by atoms with Crippen molar-refractivity contribution < 1.29 is 9.59 Å². The number of carbonyl (C=O) groups is 2. The van der Waals surface area contributed by atoms with Crippen molar-refractivity contribution >= 4 is 28.2 Å². The smallest absolute Gasteiger partial charge is 0.226 e. The summed E-state index contributed by atoms with van der Waals surface area (Å²) in [5, 5.41) is 3.46. The van der Waals surface area contributed by atoms with E-state index in [0.717, 1.165) is 23.4 Å². The SMILES string of the molecule is O=C(CC1CCCC1)Nc1nc2c(s1)C(=O)CCC2. The zero-order chi connectivity index (χ0) is 13.2. The van der Waals surface area contributed by atoms with Crippen molar-refractivity contribution in [1.82, 2.24) is 4.98 Å². The number of nitrogens with zero attached hydrogens (tertiary/aromatic N) is 1. The first-order valence-corrected chi connectivity index (χ1v) is 7.87. The Kier molecular flexibility index (Phi) is 3.64. The maximum Gasteiger partial charge on any atom is 0.226 e. The predicted molar refractivity (Wildman–Crippen MR) is 74.6 cm³/mol. The highest BCUT2D eigenvalue weighted by molar-refractivity contribution is 7.17. The number of carbonyl (C=O) groups excluding carboxylic acids is 2. The van der Waals surface area contributed by atoms with Gasteiger partial charge < -0.3 is 5.32 Å². The first-order chi connectivity index (χ1) is 9.22. The van der Waals surface area contributed by atoms with Gasteiger partial charge >= 0.3 is 0 Å². The number of aromatic nitrogens is 1. The van der Waals surface area contributed by atoms with E-state index in [1.54, 1.807) is 0 Å². The van der Waals surface area contributed by atoms with Gasteiger partial charge in [0, 0.05) is 12.8 Å². The Hall–Kier alpha value is -1.23. The van der Waals surface area contributed by atoms with E-state index in [1.807, 2.05) is 0 Å². The van der Waals surface area contributed by atoms with Crippen molar-refractivity contribution in [2.75, 3.05) is 5.32 Å². The molecule has 0 spiro atoms. The molecule has 0 bridgehead atoms. The van der Waals surface area contributed by atoms with Crippen LogP contribution in [0.25, 0.3) is 0 Å². The van der Waals surface area contributed by atoms with Crippen molar-refractivity contribution in [2.45, 2.75) is 51.4 Å². The summed E-state index contributed by atoms with van der Waals surface area (Å²) in [7, 11) is 0. The highest BCUT2D eigenvalue weighted by atomic mass is 32.1. The second-order valence-electron chi connectivity index (χ2n) is 5.47. The van der Waals surface area contributed by atoms with Crippen LogP contribution in [0.4, 0.5) is 5.13 Å². The molecule has 2 aliphatic rings. The summed E-state index contributed by atoms with van der Waals surface area (Å²) in [6.07, 6.45) is 7.78. The Morgan fingerprint density at radius 3 is 2.79 bits per heavy atom. The number of anilines is 1. The van der Waals surface area contributed by atoms with E-state index < -0.39 is 0 Å². The fourth-order valence-corrected chi connectivity index (χ4v) is 3.96. The van der Waals surface area contributed by atoms with Crippen LogP contribution in [-0.2, 0) is 11.2 Å². The summed E-state index contributed by atoms with van der Waals surface area (Å²) in [5.74, 6) is 0.761. The molecule has 1 amide bonds. The molecule has 5 heteroatoms. The molecular weight excluding hydrogens is 260 g/mol. The highest BCUT2D eigenvalue weighted by Crippen LogP contribution is 2.31. The molecule has 1 N–H and O–H groups in total. The minimum Gasteiger partial charge on any atom is -0.302 e. The summed E-state index contributed by atoms with van der Waals surface area (Å²) >= 11 is 1.34. The molecule has 0 atom stereocenters. The molecule has 19 heavy (non-hydrogen) atoms. The van der Waals surface area contributed by atoms with Crippen molar-refractivity contribution in [3.05, 3.63) is 10.6 Å². The number of amides is 1. The van der Waals surface area contributed by atoms with Crippen molar-refractivity contribution in [1.29, 1.82) is 0 Å². The fraction of sp³-hybridized carbons (Fsp3) is 0.643. The summed E-state index contributed by atoms with van der Waals surface area (Å²) in [5.41, 5.74) is 0.873. The molecule has 0 radical (unpaired) electrons. The monoisotopic (exact) mass is 278 g/mol. The topological polar surface area (TPSA) is 59.1 Å². The van der Waals surface area contributed by atoms with Gasteiger partial charge in [0.15, 0.2) is 10.9 Å². The molecule has 0 aliphatic heterocycles. The van der Waals surface area contributed by atoms with E-state index >= 15 is 0 Å². The van der Waals surface area contributed by atoms with Crippen LogP contribution >= 0.6 is 11.3 Å². The molecule has 4 nitrogen and oxygen atoms in total. The van der Waals surface area contributed by atoms with Gasteiger partial charge in [-0.1, -0.05) is 24.2 Å². The normalized spacial score (nSPS) is 19.5. The fourth-order valence-electron chi connectivity index (χ4n) is 2.97. The van der Waals surface area contributed by atoms with Gasteiger partial charge in [0.05, 0.1) is 10.6 Å². The van der Waals surface area contributed by atoms with Gasteiger partial charge in [-0.15, -0.1) is 0 Å². The number of hydrogen-bond acceptors (Lipinski definition) is 4. The summed E-state index contributed by atoms with van der Waals surface area (Å²) in [6.45, 7) is 0. The van der Waals surface area contributed by atoms with Gasteiger partial charge in [-0.25, -0.2) is 4.98 Å². The minimum absolute atomic E-state index is 0.0467. The van der Waals surface area contributed by atoms with Gasteiger partial charge in [-0.3, -0.25) is 9.59 Å². The molecule has 1 fully saturated rings. The molecule has 3 rings (SSSR count). The highest BCUT2D eigenvalue weighted by Gasteiger charge is 2.23. The molecule has 1 saturated carbocycles. The third kappa shape index (κ3) is 2.86. The maximum atomic E-state index is 11.9. The van der Waals surface area contributed by atoms with E-state index in [0.29, 0.717) is 23.9 Å². The van der Waals surface area contributed by atoms with E-state index in [-0.39, 0.29) is 11.7 Å². The standard InChI is InChI=1S/C14H18N2O2S/c17-11-7-3-6-10-13(11)19-14(15-10)16-12(18)8-9-4-1-2-5-9/h9H,1-8H2,(H,15,16,18). The number of rotatable bonds is 3. The van der Waals surface area contributed by atoms with Crippen LogP contribution in [-0.4, -0.2) is 16.7 Å².